The minimum atomic E-state index is -0.142. The standard InChI is InChI=1S/C16H18N2OS2/c1-3-20-14(9-17)11-5-6-13(15(10-18)21-4-2)16-12(11)7-8-19-16/h5-8,11,13-15H,3-4H2,1-2H3. The summed E-state index contributed by atoms with van der Waals surface area (Å²) >= 11 is 3.28. The van der Waals surface area contributed by atoms with Gasteiger partial charge >= 0.3 is 0 Å². The van der Waals surface area contributed by atoms with Gasteiger partial charge in [0.1, 0.15) is 16.3 Å². The largest absolute Gasteiger partial charge is 0.468 e. The Morgan fingerprint density at radius 2 is 1.67 bits per heavy atom. The van der Waals surface area contributed by atoms with Crippen molar-refractivity contribution in [1.29, 1.82) is 10.5 Å². The van der Waals surface area contributed by atoms with Crippen LogP contribution in [0.3, 0.4) is 0 Å². The van der Waals surface area contributed by atoms with Crippen molar-refractivity contribution in [3.63, 3.8) is 0 Å². The van der Waals surface area contributed by atoms with Crippen LogP contribution in [0.15, 0.2) is 28.9 Å². The van der Waals surface area contributed by atoms with Gasteiger partial charge in [0.15, 0.2) is 0 Å². The maximum atomic E-state index is 9.39. The monoisotopic (exact) mass is 318 g/mol. The summed E-state index contributed by atoms with van der Waals surface area (Å²) in [5.41, 5.74) is 1.06. The van der Waals surface area contributed by atoms with Gasteiger partial charge in [-0.2, -0.15) is 10.5 Å². The summed E-state index contributed by atoms with van der Waals surface area (Å²) in [6.45, 7) is 4.11. The van der Waals surface area contributed by atoms with E-state index in [0.29, 0.717) is 0 Å². The zero-order valence-corrected chi connectivity index (χ0v) is 13.8. The fourth-order valence-corrected chi connectivity index (χ4v) is 4.35. The molecule has 1 aromatic heterocycles. The second kappa shape index (κ2) is 7.64. The average Bonchev–Trinajstić information content (AvgIpc) is 2.99. The molecule has 0 spiro atoms. The molecular formula is C16H18N2OS2. The first-order valence-electron chi connectivity index (χ1n) is 7.04. The topological polar surface area (TPSA) is 60.7 Å². The fraction of sp³-hybridized carbons (Fsp3) is 0.500. The summed E-state index contributed by atoms with van der Waals surface area (Å²) in [5, 5.41) is 18.5. The van der Waals surface area contributed by atoms with E-state index in [9.17, 15) is 10.5 Å². The first kappa shape index (κ1) is 16.1. The molecular weight excluding hydrogens is 300 g/mol. The van der Waals surface area contributed by atoms with Crippen LogP contribution in [-0.4, -0.2) is 22.0 Å². The summed E-state index contributed by atoms with van der Waals surface area (Å²) < 4.78 is 5.67. The van der Waals surface area contributed by atoms with E-state index in [0.717, 1.165) is 22.8 Å². The molecule has 21 heavy (non-hydrogen) atoms. The summed E-state index contributed by atoms with van der Waals surface area (Å²) in [6.07, 6.45) is 5.81. The molecule has 0 amide bonds. The van der Waals surface area contributed by atoms with Crippen molar-refractivity contribution in [1.82, 2.24) is 0 Å². The van der Waals surface area contributed by atoms with Crippen LogP contribution in [0.2, 0.25) is 0 Å². The molecule has 4 atom stereocenters. The molecule has 5 heteroatoms. The zero-order chi connectivity index (χ0) is 15.2. The first-order valence-corrected chi connectivity index (χ1v) is 9.14. The molecule has 0 saturated heterocycles. The van der Waals surface area contributed by atoms with Gasteiger partial charge in [-0.15, -0.1) is 23.5 Å². The number of nitriles is 2. The molecule has 1 aromatic rings. The molecule has 4 unspecified atom stereocenters. The Hall–Kier alpha value is -1.30. The zero-order valence-electron chi connectivity index (χ0n) is 12.2. The maximum Gasteiger partial charge on any atom is 0.116 e. The van der Waals surface area contributed by atoms with Crippen LogP contribution in [0.25, 0.3) is 0 Å². The van der Waals surface area contributed by atoms with Crippen molar-refractivity contribution < 1.29 is 4.42 Å². The van der Waals surface area contributed by atoms with E-state index in [1.165, 1.54) is 0 Å². The van der Waals surface area contributed by atoms with E-state index in [2.05, 4.69) is 32.1 Å². The molecule has 0 saturated carbocycles. The van der Waals surface area contributed by atoms with E-state index in [1.807, 2.05) is 12.1 Å². The van der Waals surface area contributed by atoms with Gasteiger partial charge in [0.25, 0.3) is 0 Å². The number of rotatable bonds is 6. The highest BCUT2D eigenvalue weighted by molar-refractivity contribution is 8.00. The van der Waals surface area contributed by atoms with Gasteiger partial charge in [-0.1, -0.05) is 26.0 Å². The summed E-state index contributed by atoms with van der Waals surface area (Å²) in [7, 11) is 0. The lowest BCUT2D eigenvalue weighted by molar-refractivity contribution is 0.482. The Kier molecular flexibility index (Phi) is 5.85. The highest BCUT2D eigenvalue weighted by Gasteiger charge is 2.34. The molecule has 0 N–H and O–H groups in total. The van der Waals surface area contributed by atoms with Crippen molar-refractivity contribution in [3.8, 4) is 12.1 Å². The Balaban J connectivity index is 2.31. The summed E-state index contributed by atoms with van der Waals surface area (Å²) in [4.78, 5) is 0. The van der Waals surface area contributed by atoms with Crippen LogP contribution >= 0.6 is 23.5 Å². The SMILES string of the molecule is CCSC(C#N)C1C=CC(C(C#N)SCC)c2occc21. The van der Waals surface area contributed by atoms with Gasteiger partial charge in [-0.05, 0) is 17.6 Å². The second-order valence-electron chi connectivity index (χ2n) is 4.69. The van der Waals surface area contributed by atoms with Crippen LogP contribution in [0, 0.1) is 22.7 Å². The van der Waals surface area contributed by atoms with E-state index >= 15 is 0 Å². The molecule has 110 valence electrons. The fourth-order valence-electron chi connectivity index (χ4n) is 2.61. The molecule has 1 aliphatic rings. The van der Waals surface area contributed by atoms with Crippen LogP contribution in [0.5, 0.6) is 0 Å². The summed E-state index contributed by atoms with van der Waals surface area (Å²) in [6, 6.07) is 6.70. The lowest BCUT2D eigenvalue weighted by atomic mass is 9.84. The van der Waals surface area contributed by atoms with Crippen molar-refractivity contribution in [2.24, 2.45) is 0 Å². The number of fused-ring (bicyclic) bond motifs is 1. The van der Waals surface area contributed by atoms with Gasteiger partial charge in [-0.3, -0.25) is 0 Å². The number of thioether (sulfide) groups is 2. The number of furan rings is 1. The first-order chi connectivity index (χ1) is 10.3. The van der Waals surface area contributed by atoms with Crippen molar-refractivity contribution in [3.05, 3.63) is 35.8 Å². The van der Waals surface area contributed by atoms with Crippen LogP contribution < -0.4 is 0 Å². The molecule has 0 fully saturated rings. The smallest absolute Gasteiger partial charge is 0.116 e. The molecule has 2 rings (SSSR count). The van der Waals surface area contributed by atoms with E-state index in [4.69, 9.17) is 4.42 Å². The lowest BCUT2D eigenvalue weighted by Gasteiger charge is -2.26. The third-order valence-electron chi connectivity index (χ3n) is 3.51. The van der Waals surface area contributed by atoms with E-state index in [1.54, 1.807) is 29.8 Å². The summed E-state index contributed by atoms with van der Waals surface area (Å²) in [5.74, 6) is 2.69. The second-order valence-corrected chi connectivity index (χ2v) is 7.52. The van der Waals surface area contributed by atoms with Crippen molar-refractivity contribution in [2.75, 3.05) is 11.5 Å². The molecule has 0 radical (unpaired) electrons. The maximum absolute atomic E-state index is 9.39. The van der Waals surface area contributed by atoms with Gasteiger partial charge in [0.05, 0.1) is 24.3 Å². The highest BCUT2D eigenvalue weighted by Crippen LogP contribution is 2.43. The third kappa shape index (κ3) is 3.31. The van der Waals surface area contributed by atoms with Crippen LogP contribution in [0.4, 0.5) is 0 Å². The van der Waals surface area contributed by atoms with E-state index < -0.39 is 0 Å². The average molecular weight is 318 g/mol. The number of hydrogen-bond donors (Lipinski definition) is 0. The molecule has 1 aliphatic carbocycles. The predicted octanol–water partition coefficient (Wildman–Crippen LogP) is 4.31. The van der Waals surface area contributed by atoms with Crippen molar-refractivity contribution in [2.45, 2.75) is 36.2 Å². The van der Waals surface area contributed by atoms with E-state index in [-0.39, 0.29) is 22.3 Å². The number of nitrogens with zero attached hydrogens (tertiary/aromatic N) is 2. The predicted molar refractivity (Wildman–Crippen MR) is 88.4 cm³/mol. The van der Waals surface area contributed by atoms with Crippen molar-refractivity contribution >= 4 is 23.5 Å². The van der Waals surface area contributed by atoms with Gasteiger partial charge in [-0.25, -0.2) is 0 Å². The minimum Gasteiger partial charge on any atom is -0.468 e. The number of allylic oxidation sites excluding steroid dienone is 2. The molecule has 1 heterocycles. The highest BCUT2D eigenvalue weighted by atomic mass is 32.2. The molecule has 3 nitrogen and oxygen atoms in total. The Bertz CT molecular complexity index is 533. The quantitative estimate of drug-likeness (QED) is 0.732. The van der Waals surface area contributed by atoms with Crippen LogP contribution in [0.1, 0.15) is 37.0 Å². The Labute approximate surface area is 134 Å². The molecule has 0 aliphatic heterocycles. The third-order valence-corrected chi connectivity index (χ3v) is 5.70. The lowest BCUT2D eigenvalue weighted by Crippen LogP contribution is -2.21. The number of hydrogen-bond acceptors (Lipinski definition) is 5. The Morgan fingerprint density at radius 1 is 1.10 bits per heavy atom. The normalized spacial score (nSPS) is 22.9. The Morgan fingerprint density at radius 3 is 2.24 bits per heavy atom. The molecule has 0 bridgehead atoms. The van der Waals surface area contributed by atoms with Gasteiger partial charge < -0.3 is 4.42 Å². The minimum absolute atomic E-state index is 0.0211. The molecule has 0 aromatic carbocycles. The van der Waals surface area contributed by atoms with Gasteiger partial charge in [0, 0.05) is 11.5 Å². The van der Waals surface area contributed by atoms with Gasteiger partial charge in [0.2, 0.25) is 0 Å². The van der Waals surface area contributed by atoms with Crippen LogP contribution in [-0.2, 0) is 0 Å².